The fraction of sp³-hybridized carbons (Fsp3) is 0.333. The van der Waals surface area contributed by atoms with E-state index in [2.05, 4.69) is 9.97 Å². The topological polar surface area (TPSA) is 66.2 Å². The summed E-state index contributed by atoms with van der Waals surface area (Å²) in [6.07, 6.45) is 2.45. The number of aromatic nitrogens is 3. The number of benzene rings is 2. The van der Waals surface area contributed by atoms with Crippen LogP contribution in [0.15, 0.2) is 42.6 Å². The number of nitrogens with zero attached hydrogens (tertiary/aromatic N) is 3. The zero-order chi connectivity index (χ0) is 23.6. The molecule has 0 bridgehead atoms. The average molecular weight is 473 g/mol. The molecule has 33 heavy (non-hydrogen) atoms. The number of fused-ring (bicyclic) bond motifs is 3. The molecule has 0 saturated carbocycles. The van der Waals surface area contributed by atoms with Gasteiger partial charge in [0.1, 0.15) is 23.0 Å². The third-order valence-electron chi connectivity index (χ3n) is 5.38. The van der Waals surface area contributed by atoms with Crippen molar-refractivity contribution in [1.29, 1.82) is 0 Å². The van der Waals surface area contributed by atoms with Gasteiger partial charge in [0.2, 0.25) is 0 Å². The van der Waals surface area contributed by atoms with Gasteiger partial charge in [-0.25, -0.2) is 18.7 Å². The van der Waals surface area contributed by atoms with Crippen LogP contribution in [-0.4, -0.2) is 27.7 Å². The number of rotatable bonds is 9. The Kier molecular flexibility index (Phi) is 6.88. The maximum atomic E-state index is 14.7. The zero-order valence-corrected chi connectivity index (χ0v) is 19.7. The van der Waals surface area contributed by atoms with E-state index in [-0.39, 0.29) is 11.5 Å². The van der Waals surface area contributed by atoms with Crippen LogP contribution >= 0.6 is 7.60 Å². The van der Waals surface area contributed by atoms with Gasteiger partial charge in [0.05, 0.1) is 42.0 Å². The van der Waals surface area contributed by atoms with Crippen molar-refractivity contribution in [2.24, 2.45) is 0 Å². The highest BCUT2D eigenvalue weighted by Crippen LogP contribution is 2.51. The lowest BCUT2D eigenvalue weighted by molar-refractivity contribution is 0.219. The minimum absolute atomic E-state index is 0.175. The number of hydrogen-bond acceptors (Lipinski definition) is 5. The van der Waals surface area contributed by atoms with Crippen LogP contribution in [0.1, 0.15) is 37.7 Å². The van der Waals surface area contributed by atoms with E-state index in [4.69, 9.17) is 9.05 Å². The van der Waals surface area contributed by atoms with E-state index in [1.807, 2.05) is 35.8 Å². The second kappa shape index (κ2) is 9.67. The normalized spacial score (nSPS) is 12.2. The molecule has 2 aromatic carbocycles. The Labute approximate surface area is 191 Å². The van der Waals surface area contributed by atoms with E-state index in [0.29, 0.717) is 48.6 Å². The van der Waals surface area contributed by atoms with E-state index < -0.39 is 19.2 Å². The van der Waals surface area contributed by atoms with Gasteiger partial charge in [0, 0.05) is 19.0 Å². The fourth-order valence-electron chi connectivity index (χ4n) is 3.95. The SMILES string of the molecule is CCOP(=O)(Cc1ccc(Cn2c3cnc(CC)nc3c3c(F)cc(F)cc32)cc1)OCC. The largest absolute Gasteiger partial charge is 0.335 e. The van der Waals surface area contributed by atoms with Crippen molar-refractivity contribution in [2.75, 3.05) is 13.2 Å². The standard InChI is InChI=1S/C24H26F2N3O3P/c1-4-22-27-13-21-24(28-22)23-19(26)11-18(25)12-20(23)29(21)14-16-7-9-17(10-8-16)15-33(30,31-5-2)32-6-3/h7-13H,4-6,14-15H2,1-3H3. The van der Waals surface area contributed by atoms with Crippen molar-refractivity contribution in [3.63, 3.8) is 0 Å². The minimum atomic E-state index is -3.20. The Morgan fingerprint density at radius 3 is 2.27 bits per heavy atom. The summed E-state index contributed by atoms with van der Waals surface area (Å²) in [5.41, 5.74) is 3.25. The predicted octanol–water partition coefficient (Wildman–Crippen LogP) is 6.24. The van der Waals surface area contributed by atoms with E-state index in [9.17, 15) is 13.3 Å². The van der Waals surface area contributed by atoms with Gasteiger partial charge in [-0.05, 0) is 31.0 Å². The summed E-state index contributed by atoms with van der Waals surface area (Å²) in [6.45, 7) is 6.45. The summed E-state index contributed by atoms with van der Waals surface area (Å²) in [5, 5.41) is 0.287. The molecule has 0 amide bonds. The van der Waals surface area contributed by atoms with Gasteiger partial charge < -0.3 is 13.6 Å². The second-order valence-electron chi connectivity index (χ2n) is 7.66. The first-order chi connectivity index (χ1) is 15.9. The Morgan fingerprint density at radius 1 is 0.970 bits per heavy atom. The van der Waals surface area contributed by atoms with Crippen LogP contribution in [0.3, 0.4) is 0 Å². The van der Waals surface area contributed by atoms with Gasteiger partial charge >= 0.3 is 7.60 Å². The molecular formula is C24H26F2N3O3P. The van der Waals surface area contributed by atoms with Crippen LogP contribution in [0.4, 0.5) is 8.78 Å². The van der Waals surface area contributed by atoms with E-state index in [1.165, 1.54) is 6.07 Å². The maximum absolute atomic E-state index is 14.7. The minimum Gasteiger partial charge on any atom is -0.333 e. The van der Waals surface area contributed by atoms with Crippen LogP contribution in [-0.2, 0) is 32.7 Å². The molecule has 0 N–H and O–H groups in total. The molecule has 0 spiro atoms. The van der Waals surface area contributed by atoms with Crippen molar-refractivity contribution in [2.45, 2.75) is 39.9 Å². The molecule has 0 fully saturated rings. The molecule has 0 aliphatic heterocycles. The van der Waals surface area contributed by atoms with Gasteiger partial charge in [0.25, 0.3) is 0 Å². The summed E-state index contributed by atoms with van der Waals surface area (Å²) < 4.78 is 54.2. The zero-order valence-electron chi connectivity index (χ0n) is 18.8. The first-order valence-corrected chi connectivity index (χ1v) is 12.7. The summed E-state index contributed by atoms with van der Waals surface area (Å²) in [5.74, 6) is -0.694. The molecule has 0 aliphatic carbocycles. The summed E-state index contributed by atoms with van der Waals surface area (Å²) in [7, 11) is -3.20. The van der Waals surface area contributed by atoms with Crippen molar-refractivity contribution in [1.82, 2.24) is 14.5 Å². The second-order valence-corrected chi connectivity index (χ2v) is 9.72. The van der Waals surface area contributed by atoms with Gasteiger partial charge in [-0.1, -0.05) is 31.2 Å². The molecule has 4 aromatic rings. The van der Waals surface area contributed by atoms with Crippen molar-refractivity contribution >= 4 is 29.5 Å². The quantitative estimate of drug-likeness (QED) is 0.269. The summed E-state index contributed by atoms with van der Waals surface area (Å²) >= 11 is 0. The summed E-state index contributed by atoms with van der Waals surface area (Å²) in [6, 6.07) is 9.71. The van der Waals surface area contributed by atoms with Crippen LogP contribution in [0.2, 0.25) is 0 Å². The van der Waals surface area contributed by atoms with Gasteiger partial charge in [0.15, 0.2) is 0 Å². The van der Waals surface area contributed by atoms with Crippen molar-refractivity contribution < 1.29 is 22.4 Å². The first kappa shape index (κ1) is 23.5. The third-order valence-corrected chi connectivity index (χ3v) is 7.44. The molecule has 2 aromatic heterocycles. The maximum Gasteiger partial charge on any atom is 0.335 e. The molecule has 0 aliphatic rings. The molecule has 174 valence electrons. The fourth-order valence-corrected chi connectivity index (χ4v) is 5.65. The molecule has 4 rings (SSSR count). The molecule has 9 heteroatoms. The summed E-state index contributed by atoms with van der Waals surface area (Å²) in [4.78, 5) is 8.87. The average Bonchev–Trinajstić information content (AvgIpc) is 3.08. The molecular weight excluding hydrogens is 447 g/mol. The van der Waals surface area contributed by atoms with E-state index in [0.717, 1.165) is 17.2 Å². The lowest BCUT2D eigenvalue weighted by Crippen LogP contribution is -2.02. The van der Waals surface area contributed by atoms with Crippen LogP contribution in [0.25, 0.3) is 21.9 Å². The third kappa shape index (κ3) is 4.83. The Morgan fingerprint density at radius 2 is 1.64 bits per heavy atom. The highest BCUT2D eigenvalue weighted by molar-refractivity contribution is 7.53. The van der Waals surface area contributed by atoms with Gasteiger partial charge in [-0.15, -0.1) is 0 Å². The Bertz CT molecular complexity index is 1330. The molecule has 2 heterocycles. The highest BCUT2D eigenvalue weighted by Gasteiger charge is 2.24. The lowest BCUT2D eigenvalue weighted by Gasteiger charge is -2.17. The molecule has 0 radical (unpaired) electrons. The van der Waals surface area contributed by atoms with Crippen LogP contribution < -0.4 is 0 Å². The Hall–Kier alpha value is -2.67. The lowest BCUT2D eigenvalue weighted by atomic mass is 10.1. The van der Waals surface area contributed by atoms with E-state index >= 15 is 0 Å². The van der Waals surface area contributed by atoms with Crippen molar-refractivity contribution in [3.05, 3.63) is 71.2 Å². The highest BCUT2D eigenvalue weighted by atomic mass is 31.2. The number of aryl methyl sites for hydroxylation is 1. The number of hydrogen-bond donors (Lipinski definition) is 0. The first-order valence-electron chi connectivity index (χ1n) is 11.0. The molecule has 0 unspecified atom stereocenters. The van der Waals surface area contributed by atoms with Crippen LogP contribution in [0, 0.1) is 11.6 Å². The van der Waals surface area contributed by atoms with E-state index in [1.54, 1.807) is 20.0 Å². The molecule has 6 nitrogen and oxygen atoms in total. The van der Waals surface area contributed by atoms with Crippen molar-refractivity contribution in [3.8, 4) is 0 Å². The van der Waals surface area contributed by atoms with Gasteiger partial charge in [-0.2, -0.15) is 0 Å². The smallest absolute Gasteiger partial charge is 0.333 e. The predicted molar refractivity (Wildman–Crippen MR) is 124 cm³/mol. The van der Waals surface area contributed by atoms with Gasteiger partial charge in [-0.3, -0.25) is 4.57 Å². The Balaban J connectivity index is 1.71. The monoisotopic (exact) mass is 473 g/mol. The molecule has 0 saturated heterocycles. The molecule has 0 atom stereocenters. The number of halogens is 2. The van der Waals surface area contributed by atoms with Crippen LogP contribution in [0.5, 0.6) is 0 Å².